The number of anilines is 1. The molecular formula is C21H23N3O3. The Morgan fingerprint density at radius 1 is 1.19 bits per heavy atom. The number of fused-ring (bicyclic) bond motifs is 1. The van der Waals surface area contributed by atoms with E-state index in [9.17, 15) is 14.7 Å². The molecule has 6 heteroatoms. The summed E-state index contributed by atoms with van der Waals surface area (Å²) in [6.45, 7) is 6.43. The molecule has 0 unspecified atom stereocenters. The van der Waals surface area contributed by atoms with Gasteiger partial charge in [0.2, 0.25) is 0 Å². The summed E-state index contributed by atoms with van der Waals surface area (Å²) in [6.07, 6.45) is 0.787. The molecule has 0 spiro atoms. The van der Waals surface area contributed by atoms with E-state index in [1.807, 2.05) is 19.1 Å². The van der Waals surface area contributed by atoms with Crippen LogP contribution in [0.2, 0.25) is 0 Å². The molecule has 6 nitrogen and oxygen atoms in total. The fraction of sp³-hybridized carbons (Fsp3) is 0.286. The van der Waals surface area contributed by atoms with Gasteiger partial charge in [-0.05, 0) is 43.5 Å². The van der Waals surface area contributed by atoms with Crippen LogP contribution in [0, 0.1) is 12.8 Å². The van der Waals surface area contributed by atoms with Crippen LogP contribution in [0.25, 0.3) is 10.9 Å². The molecule has 3 rings (SSSR count). The van der Waals surface area contributed by atoms with Gasteiger partial charge in [0.15, 0.2) is 0 Å². The third-order valence-electron chi connectivity index (χ3n) is 4.43. The number of pyridine rings is 2. The zero-order valence-electron chi connectivity index (χ0n) is 15.7. The Morgan fingerprint density at radius 3 is 2.63 bits per heavy atom. The summed E-state index contributed by atoms with van der Waals surface area (Å²) in [5.41, 5.74) is 0.591. The van der Waals surface area contributed by atoms with E-state index in [0.29, 0.717) is 29.2 Å². The van der Waals surface area contributed by atoms with Gasteiger partial charge in [-0.3, -0.25) is 9.59 Å². The SMILES string of the molecule is Cc1cccc(NC(=O)c2c(O)c3ccccc3n(CCC(C)C)c2=O)n1. The van der Waals surface area contributed by atoms with Gasteiger partial charge in [-0.15, -0.1) is 0 Å². The van der Waals surface area contributed by atoms with Crippen molar-refractivity contribution >= 4 is 22.6 Å². The molecule has 0 radical (unpaired) electrons. The molecule has 2 aromatic heterocycles. The largest absolute Gasteiger partial charge is 0.506 e. The fourth-order valence-electron chi connectivity index (χ4n) is 3.00. The van der Waals surface area contributed by atoms with Crippen molar-refractivity contribution in [1.29, 1.82) is 0 Å². The molecular weight excluding hydrogens is 342 g/mol. The zero-order chi connectivity index (χ0) is 19.6. The Kier molecular flexibility index (Phi) is 5.26. The number of para-hydroxylation sites is 1. The minimum Gasteiger partial charge on any atom is -0.506 e. The van der Waals surface area contributed by atoms with Crippen LogP contribution >= 0.6 is 0 Å². The van der Waals surface area contributed by atoms with Crippen LogP contribution in [0.15, 0.2) is 47.3 Å². The maximum Gasteiger partial charge on any atom is 0.267 e. The van der Waals surface area contributed by atoms with Crippen molar-refractivity contribution in [3.63, 3.8) is 0 Å². The monoisotopic (exact) mass is 365 g/mol. The number of benzene rings is 1. The first-order valence-electron chi connectivity index (χ1n) is 8.98. The number of nitrogens with one attached hydrogen (secondary N) is 1. The van der Waals surface area contributed by atoms with Gasteiger partial charge in [-0.25, -0.2) is 4.98 Å². The first kappa shape index (κ1) is 18.6. The first-order chi connectivity index (χ1) is 12.9. The lowest BCUT2D eigenvalue weighted by Gasteiger charge is -2.15. The van der Waals surface area contributed by atoms with Crippen molar-refractivity contribution in [1.82, 2.24) is 9.55 Å². The van der Waals surface area contributed by atoms with E-state index in [0.717, 1.165) is 12.1 Å². The van der Waals surface area contributed by atoms with Crippen molar-refractivity contribution in [2.45, 2.75) is 33.7 Å². The Labute approximate surface area is 157 Å². The van der Waals surface area contributed by atoms with E-state index in [1.165, 1.54) is 0 Å². The maximum absolute atomic E-state index is 13.0. The lowest BCUT2D eigenvalue weighted by atomic mass is 10.1. The van der Waals surface area contributed by atoms with Crippen molar-refractivity contribution in [3.05, 3.63) is 64.1 Å². The molecule has 0 aliphatic rings. The highest BCUT2D eigenvalue weighted by molar-refractivity contribution is 6.08. The lowest BCUT2D eigenvalue weighted by Crippen LogP contribution is -2.30. The van der Waals surface area contributed by atoms with Crippen LogP contribution < -0.4 is 10.9 Å². The highest BCUT2D eigenvalue weighted by Gasteiger charge is 2.22. The number of hydrogen-bond donors (Lipinski definition) is 2. The predicted molar refractivity (Wildman–Crippen MR) is 106 cm³/mol. The maximum atomic E-state index is 13.0. The van der Waals surface area contributed by atoms with E-state index in [4.69, 9.17) is 0 Å². The summed E-state index contributed by atoms with van der Waals surface area (Å²) in [5, 5.41) is 13.7. The molecule has 1 amide bonds. The van der Waals surface area contributed by atoms with E-state index in [-0.39, 0.29) is 11.3 Å². The number of nitrogens with zero attached hydrogens (tertiary/aromatic N) is 2. The van der Waals surface area contributed by atoms with Gasteiger partial charge in [0, 0.05) is 17.6 Å². The van der Waals surface area contributed by atoms with Gasteiger partial charge >= 0.3 is 0 Å². The Balaban J connectivity index is 2.11. The summed E-state index contributed by atoms with van der Waals surface area (Å²) in [6, 6.07) is 12.3. The summed E-state index contributed by atoms with van der Waals surface area (Å²) < 4.78 is 1.56. The Bertz CT molecular complexity index is 1050. The molecule has 1 aromatic carbocycles. The average Bonchev–Trinajstić information content (AvgIpc) is 2.61. The first-order valence-corrected chi connectivity index (χ1v) is 8.98. The van der Waals surface area contributed by atoms with Gasteiger partial charge in [0.05, 0.1) is 5.52 Å². The molecule has 140 valence electrons. The molecule has 27 heavy (non-hydrogen) atoms. The standard InChI is InChI=1S/C21H23N3O3/c1-13(2)11-12-24-16-9-5-4-8-15(16)19(25)18(21(24)27)20(26)23-17-10-6-7-14(3)22-17/h4-10,13,25H,11-12H2,1-3H3,(H,22,23,26). The van der Waals surface area contributed by atoms with Gasteiger partial charge in [0.1, 0.15) is 17.1 Å². The molecule has 2 heterocycles. The van der Waals surface area contributed by atoms with Crippen LogP contribution in [0.4, 0.5) is 5.82 Å². The molecule has 0 aliphatic carbocycles. The normalized spacial score (nSPS) is 11.1. The number of carbonyl (C=O) groups is 1. The van der Waals surface area contributed by atoms with E-state index >= 15 is 0 Å². The number of aromatic nitrogens is 2. The van der Waals surface area contributed by atoms with Crippen LogP contribution in [-0.4, -0.2) is 20.6 Å². The van der Waals surface area contributed by atoms with Gasteiger partial charge in [-0.2, -0.15) is 0 Å². The molecule has 2 N–H and O–H groups in total. The number of hydrogen-bond acceptors (Lipinski definition) is 4. The fourth-order valence-corrected chi connectivity index (χ4v) is 3.00. The minimum absolute atomic E-state index is 0.263. The number of amides is 1. The zero-order valence-corrected chi connectivity index (χ0v) is 15.7. The molecule has 3 aromatic rings. The topological polar surface area (TPSA) is 84.2 Å². The molecule has 0 saturated heterocycles. The molecule has 0 atom stereocenters. The molecule has 0 fully saturated rings. The lowest BCUT2D eigenvalue weighted by molar-refractivity contribution is 0.102. The third-order valence-corrected chi connectivity index (χ3v) is 4.43. The highest BCUT2D eigenvalue weighted by Crippen LogP contribution is 2.27. The highest BCUT2D eigenvalue weighted by atomic mass is 16.3. The quantitative estimate of drug-likeness (QED) is 0.722. The van der Waals surface area contributed by atoms with E-state index < -0.39 is 11.5 Å². The number of carbonyl (C=O) groups excluding carboxylic acids is 1. The summed E-state index contributed by atoms with van der Waals surface area (Å²) >= 11 is 0. The van der Waals surface area contributed by atoms with E-state index in [2.05, 4.69) is 24.1 Å². The molecule has 0 aliphatic heterocycles. The Hall–Kier alpha value is -3.15. The van der Waals surface area contributed by atoms with Crippen molar-refractivity contribution in [3.8, 4) is 5.75 Å². The van der Waals surface area contributed by atoms with Crippen LogP contribution in [-0.2, 0) is 6.54 Å². The molecule has 0 saturated carbocycles. The number of aromatic hydroxyl groups is 1. The Morgan fingerprint density at radius 2 is 1.93 bits per heavy atom. The van der Waals surface area contributed by atoms with Gasteiger partial charge in [0.25, 0.3) is 11.5 Å². The summed E-state index contributed by atoms with van der Waals surface area (Å²) in [5.74, 6) is -0.236. The third kappa shape index (κ3) is 3.84. The second-order valence-corrected chi connectivity index (χ2v) is 7.00. The second-order valence-electron chi connectivity index (χ2n) is 7.00. The van der Waals surface area contributed by atoms with Crippen molar-refractivity contribution in [2.75, 3.05) is 5.32 Å². The van der Waals surface area contributed by atoms with Crippen molar-refractivity contribution < 1.29 is 9.90 Å². The smallest absolute Gasteiger partial charge is 0.267 e. The molecule has 0 bridgehead atoms. The number of rotatable bonds is 5. The van der Waals surface area contributed by atoms with E-state index in [1.54, 1.807) is 34.9 Å². The van der Waals surface area contributed by atoms with Crippen LogP contribution in [0.3, 0.4) is 0 Å². The predicted octanol–water partition coefficient (Wildman–Crippen LogP) is 3.71. The van der Waals surface area contributed by atoms with Crippen molar-refractivity contribution in [2.24, 2.45) is 5.92 Å². The number of aryl methyl sites for hydroxylation is 2. The minimum atomic E-state index is -0.667. The van der Waals surface area contributed by atoms with Crippen LogP contribution in [0.5, 0.6) is 5.75 Å². The van der Waals surface area contributed by atoms with Gasteiger partial charge < -0.3 is 15.0 Å². The summed E-state index contributed by atoms with van der Waals surface area (Å²) in [7, 11) is 0. The average molecular weight is 365 g/mol. The second kappa shape index (κ2) is 7.61. The van der Waals surface area contributed by atoms with Crippen LogP contribution in [0.1, 0.15) is 36.3 Å². The summed E-state index contributed by atoms with van der Waals surface area (Å²) in [4.78, 5) is 30.0. The van der Waals surface area contributed by atoms with Gasteiger partial charge in [-0.1, -0.05) is 32.0 Å².